The van der Waals surface area contributed by atoms with Crippen molar-refractivity contribution in [2.45, 2.75) is 52.3 Å². The van der Waals surface area contributed by atoms with Crippen LogP contribution in [0.1, 0.15) is 43.4 Å². The number of hydrogen-bond donors (Lipinski definition) is 1. The van der Waals surface area contributed by atoms with Crippen LogP contribution in [0.25, 0.3) is 11.3 Å². The van der Waals surface area contributed by atoms with Crippen LogP contribution in [0.3, 0.4) is 0 Å². The van der Waals surface area contributed by atoms with Crippen molar-refractivity contribution in [3.63, 3.8) is 0 Å². The number of anilines is 2. The molecule has 0 amide bonds. The third-order valence-corrected chi connectivity index (χ3v) is 6.58. The van der Waals surface area contributed by atoms with E-state index in [2.05, 4.69) is 70.5 Å². The summed E-state index contributed by atoms with van der Waals surface area (Å²) >= 11 is 0. The van der Waals surface area contributed by atoms with Gasteiger partial charge in [0.05, 0.1) is 29.7 Å². The Morgan fingerprint density at radius 2 is 1.74 bits per heavy atom. The average molecular weight is 418 g/mol. The van der Waals surface area contributed by atoms with Crippen LogP contribution in [0, 0.1) is 6.92 Å². The molecule has 0 bridgehead atoms. The smallest absolute Gasteiger partial charge is 0.106 e. The first-order chi connectivity index (χ1) is 15.0. The Hall–Kier alpha value is -2.86. The first-order valence-corrected chi connectivity index (χ1v) is 11.3. The molecule has 0 aliphatic carbocycles. The molecule has 1 unspecified atom stereocenters. The average Bonchev–Trinajstić information content (AvgIpc) is 3.37. The van der Waals surface area contributed by atoms with Crippen molar-refractivity contribution in [1.29, 1.82) is 0 Å². The van der Waals surface area contributed by atoms with Crippen molar-refractivity contribution in [3.8, 4) is 11.3 Å². The summed E-state index contributed by atoms with van der Waals surface area (Å²) < 4.78 is 2.36. The normalized spacial score (nSPS) is 18.7. The van der Waals surface area contributed by atoms with Gasteiger partial charge in [0.1, 0.15) is 5.82 Å². The summed E-state index contributed by atoms with van der Waals surface area (Å²) in [4.78, 5) is 14.3. The molecule has 2 aromatic heterocycles. The van der Waals surface area contributed by atoms with Gasteiger partial charge in [0.2, 0.25) is 0 Å². The lowest BCUT2D eigenvalue weighted by molar-refractivity contribution is 0.198. The molecular formula is C25H31N5O. The van der Waals surface area contributed by atoms with Crippen LogP contribution < -0.4 is 9.80 Å². The molecule has 6 heteroatoms. The Morgan fingerprint density at radius 1 is 1.00 bits per heavy atom. The summed E-state index contributed by atoms with van der Waals surface area (Å²) in [5, 5.41) is 9.83. The van der Waals surface area contributed by atoms with Gasteiger partial charge in [0.15, 0.2) is 0 Å². The highest BCUT2D eigenvalue weighted by molar-refractivity contribution is 5.67. The summed E-state index contributed by atoms with van der Waals surface area (Å²) in [7, 11) is 0. The number of aliphatic hydroxyl groups excluding tert-OH is 1. The Kier molecular flexibility index (Phi) is 5.18. The van der Waals surface area contributed by atoms with Crippen LogP contribution in [0.2, 0.25) is 0 Å². The van der Waals surface area contributed by atoms with E-state index in [1.165, 1.54) is 17.1 Å². The second-order valence-corrected chi connectivity index (χ2v) is 9.02. The van der Waals surface area contributed by atoms with Gasteiger partial charge in [-0.1, -0.05) is 13.8 Å². The van der Waals surface area contributed by atoms with E-state index >= 15 is 0 Å². The molecular weight excluding hydrogens is 386 g/mol. The molecule has 0 saturated carbocycles. The number of nitrogens with zero attached hydrogens (tertiary/aromatic N) is 5. The summed E-state index contributed by atoms with van der Waals surface area (Å²) in [6.45, 7) is 10.9. The molecule has 1 saturated heterocycles. The number of aliphatic hydroxyl groups is 1. The number of β-amino-alcohol motifs (C(OH)–C–C–N with tert-alkyl or cyclic N) is 1. The molecule has 2 aliphatic rings. The first-order valence-electron chi connectivity index (χ1n) is 11.3. The molecule has 0 radical (unpaired) electrons. The van der Waals surface area contributed by atoms with Crippen molar-refractivity contribution in [2.75, 3.05) is 29.4 Å². The van der Waals surface area contributed by atoms with E-state index in [1.54, 1.807) is 0 Å². The van der Waals surface area contributed by atoms with Crippen molar-refractivity contribution < 1.29 is 5.11 Å². The maximum absolute atomic E-state index is 9.83. The van der Waals surface area contributed by atoms with Crippen LogP contribution in [0.15, 0.2) is 42.6 Å². The minimum absolute atomic E-state index is 0.202. The predicted molar refractivity (Wildman–Crippen MR) is 125 cm³/mol. The largest absolute Gasteiger partial charge is 0.391 e. The summed E-state index contributed by atoms with van der Waals surface area (Å²) in [5.74, 6) is 1.43. The summed E-state index contributed by atoms with van der Waals surface area (Å²) in [5.41, 5.74) is 7.02. The fourth-order valence-corrected chi connectivity index (χ4v) is 4.91. The Labute approximate surface area is 184 Å². The topological polar surface area (TPSA) is 57.4 Å². The summed E-state index contributed by atoms with van der Waals surface area (Å²) in [6.07, 6.45) is 2.53. The van der Waals surface area contributed by atoms with Gasteiger partial charge in [-0.15, -0.1) is 0 Å². The van der Waals surface area contributed by atoms with Gasteiger partial charge in [0.25, 0.3) is 0 Å². The number of hydrogen-bond acceptors (Lipinski definition) is 5. The molecule has 2 aliphatic heterocycles. The standard InChI is InChI=1S/C25H31N5O/c1-17(2)24-22(5-4-11-26-24)25-23-16-29(13-14-30(23)18(3)27-25)20-8-6-19(7-9-20)28-12-10-21(31)15-28/h4-9,11,17,21,31H,10,12-16H2,1-3H3. The maximum Gasteiger partial charge on any atom is 0.106 e. The molecule has 3 aromatic rings. The predicted octanol–water partition coefficient (Wildman–Crippen LogP) is 3.97. The molecule has 6 nitrogen and oxygen atoms in total. The van der Waals surface area contributed by atoms with E-state index in [4.69, 9.17) is 4.98 Å². The van der Waals surface area contributed by atoms with Crippen molar-refractivity contribution in [1.82, 2.24) is 14.5 Å². The highest BCUT2D eigenvalue weighted by atomic mass is 16.3. The van der Waals surface area contributed by atoms with Gasteiger partial charge in [-0.3, -0.25) is 4.98 Å². The zero-order valence-corrected chi connectivity index (χ0v) is 18.6. The molecule has 0 spiro atoms. The third-order valence-electron chi connectivity index (χ3n) is 6.58. The monoisotopic (exact) mass is 417 g/mol. The van der Waals surface area contributed by atoms with Gasteiger partial charge in [-0.25, -0.2) is 4.98 Å². The van der Waals surface area contributed by atoms with Crippen LogP contribution in [0.4, 0.5) is 11.4 Å². The molecule has 4 heterocycles. The number of aryl methyl sites for hydroxylation is 1. The number of fused-ring (bicyclic) bond motifs is 1. The SMILES string of the molecule is Cc1nc(-c2cccnc2C(C)C)c2n1CCN(c1ccc(N3CCC(O)C3)cc1)C2. The zero-order valence-electron chi connectivity index (χ0n) is 18.6. The van der Waals surface area contributed by atoms with Gasteiger partial charge >= 0.3 is 0 Å². The van der Waals surface area contributed by atoms with Crippen molar-refractivity contribution in [2.24, 2.45) is 0 Å². The molecule has 1 atom stereocenters. The number of benzene rings is 1. The second kappa shape index (κ2) is 8.00. The minimum atomic E-state index is -0.202. The summed E-state index contributed by atoms with van der Waals surface area (Å²) in [6, 6.07) is 13.0. The van der Waals surface area contributed by atoms with Gasteiger partial charge in [-0.2, -0.15) is 0 Å². The molecule has 1 fully saturated rings. The maximum atomic E-state index is 9.83. The third kappa shape index (κ3) is 3.69. The number of aromatic nitrogens is 3. The number of rotatable bonds is 4. The van der Waals surface area contributed by atoms with Crippen LogP contribution in [-0.4, -0.2) is 45.4 Å². The first kappa shape index (κ1) is 20.1. The van der Waals surface area contributed by atoms with E-state index < -0.39 is 0 Å². The zero-order chi connectivity index (χ0) is 21.5. The van der Waals surface area contributed by atoms with Gasteiger partial charge < -0.3 is 19.5 Å². The fraction of sp³-hybridized carbons (Fsp3) is 0.440. The Morgan fingerprint density at radius 3 is 2.42 bits per heavy atom. The number of imidazole rings is 1. The van der Waals surface area contributed by atoms with E-state index in [9.17, 15) is 5.11 Å². The number of pyridine rings is 1. The fourth-order valence-electron chi connectivity index (χ4n) is 4.91. The van der Waals surface area contributed by atoms with E-state index in [1.807, 2.05) is 12.3 Å². The van der Waals surface area contributed by atoms with Gasteiger partial charge in [0, 0.05) is 49.3 Å². The molecule has 5 rings (SSSR count). The van der Waals surface area contributed by atoms with Crippen molar-refractivity contribution >= 4 is 11.4 Å². The highest BCUT2D eigenvalue weighted by Crippen LogP contribution is 2.34. The molecule has 1 N–H and O–H groups in total. The van der Waals surface area contributed by atoms with E-state index in [0.29, 0.717) is 5.92 Å². The minimum Gasteiger partial charge on any atom is -0.391 e. The van der Waals surface area contributed by atoms with Crippen molar-refractivity contribution in [3.05, 3.63) is 59.8 Å². The highest BCUT2D eigenvalue weighted by Gasteiger charge is 2.26. The van der Waals surface area contributed by atoms with Crippen LogP contribution >= 0.6 is 0 Å². The molecule has 31 heavy (non-hydrogen) atoms. The van der Waals surface area contributed by atoms with Crippen LogP contribution in [0.5, 0.6) is 0 Å². The Bertz CT molecular complexity index is 1070. The lowest BCUT2D eigenvalue weighted by atomic mass is 10.00. The van der Waals surface area contributed by atoms with E-state index in [-0.39, 0.29) is 6.10 Å². The lowest BCUT2D eigenvalue weighted by Gasteiger charge is -2.31. The lowest BCUT2D eigenvalue weighted by Crippen LogP contribution is -2.34. The quantitative estimate of drug-likeness (QED) is 0.696. The van der Waals surface area contributed by atoms with Crippen LogP contribution in [-0.2, 0) is 13.1 Å². The molecule has 162 valence electrons. The van der Waals surface area contributed by atoms with E-state index in [0.717, 1.165) is 61.9 Å². The Balaban J connectivity index is 1.43. The molecule has 1 aromatic carbocycles. The van der Waals surface area contributed by atoms with Gasteiger partial charge in [-0.05, 0) is 55.7 Å². The second-order valence-electron chi connectivity index (χ2n) is 9.02.